The average Bonchev–Trinajstić information content (AvgIpc) is 2.80. The number of hydrogen-bond donors (Lipinski definition) is 1. The fourth-order valence-electron chi connectivity index (χ4n) is 3.51. The predicted octanol–water partition coefficient (Wildman–Crippen LogP) is 0.776. The van der Waals surface area contributed by atoms with Crippen LogP contribution in [0.3, 0.4) is 0 Å². The molecule has 4 saturated heterocycles. The van der Waals surface area contributed by atoms with Gasteiger partial charge in [0.25, 0.3) is 0 Å². The highest BCUT2D eigenvalue weighted by atomic mass is 31.1. The summed E-state index contributed by atoms with van der Waals surface area (Å²) in [6, 6.07) is 0. The molecule has 0 amide bonds. The van der Waals surface area contributed by atoms with Crippen molar-refractivity contribution in [3.63, 3.8) is 0 Å². The zero-order valence-corrected chi connectivity index (χ0v) is 10.8. The van der Waals surface area contributed by atoms with Crippen molar-refractivity contribution in [3.8, 4) is 0 Å². The molecule has 0 aromatic carbocycles. The van der Waals surface area contributed by atoms with Gasteiger partial charge in [-0.05, 0) is 12.0 Å². The van der Waals surface area contributed by atoms with E-state index in [2.05, 4.69) is 32.9 Å². The molecule has 1 aliphatic carbocycles. The van der Waals surface area contributed by atoms with Gasteiger partial charge >= 0.3 is 0 Å². The van der Waals surface area contributed by atoms with Crippen LogP contribution in [0.15, 0.2) is 23.8 Å². The number of hydrogen-bond acceptors (Lipinski definition) is 4. The van der Waals surface area contributed by atoms with Crippen LogP contribution in [0.4, 0.5) is 0 Å². The summed E-state index contributed by atoms with van der Waals surface area (Å²) in [6.45, 7) is 3.25. The fourth-order valence-corrected chi connectivity index (χ4v) is 6.52. The molecule has 92 valence electrons. The van der Waals surface area contributed by atoms with E-state index >= 15 is 0 Å². The van der Waals surface area contributed by atoms with E-state index in [9.17, 15) is 5.11 Å². The van der Waals surface area contributed by atoms with Crippen LogP contribution in [-0.2, 0) is 0 Å². The van der Waals surface area contributed by atoms with Gasteiger partial charge in [0, 0.05) is 12.6 Å². The van der Waals surface area contributed by atoms with Crippen molar-refractivity contribution in [1.29, 1.82) is 0 Å². The third kappa shape index (κ3) is 1.63. The molecule has 5 heteroatoms. The Hall–Kier alpha value is -0.250. The second-order valence-electron chi connectivity index (χ2n) is 5.46. The number of nitrogens with zero attached hydrogens (tertiary/aromatic N) is 3. The summed E-state index contributed by atoms with van der Waals surface area (Å²) in [7, 11) is -0.0714. The number of rotatable bonds is 2. The maximum absolute atomic E-state index is 10.6. The van der Waals surface area contributed by atoms with Crippen LogP contribution < -0.4 is 0 Å². The molecular formula is C12H18N3OP. The Labute approximate surface area is 103 Å². The maximum Gasteiger partial charge on any atom is 0.0953 e. The van der Waals surface area contributed by atoms with Gasteiger partial charge in [0.15, 0.2) is 0 Å². The monoisotopic (exact) mass is 251 g/mol. The molecule has 4 atom stereocenters. The molecule has 4 unspecified atom stereocenters. The first-order valence-electron chi connectivity index (χ1n) is 6.28. The van der Waals surface area contributed by atoms with Gasteiger partial charge in [-0.25, -0.2) is 0 Å². The molecule has 4 nitrogen and oxygen atoms in total. The summed E-state index contributed by atoms with van der Waals surface area (Å²) >= 11 is 0. The van der Waals surface area contributed by atoms with Crippen LogP contribution in [0, 0.1) is 0 Å². The van der Waals surface area contributed by atoms with Crippen LogP contribution in [0.2, 0.25) is 0 Å². The van der Waals surface area contributed by atoms with Gasteiger partial charge < -0.3 is 5.11 Å². The molecule has 5 rings (SSSR count). The first-order valence-corrected chi connectivity index (χ1v) is 8.06. The number of aliphatic hydroxyl groups is 1. The molecule has 4 aliphatic heterocycles. The van der Waals surface area contributed by atoms with Gasteiger partial charge in [-0.1, -0.05) is 26.1 Å². The van der Waals surface area contributed by atoms with Crippen LogP contribution in [0.5, 0.6) is 0 Å². The lowest BCUT2D eigenvalue weighted by Crippen LogP contribution is -2.67. The molecule has 4 heterocycles. The average molecular weight is 251 g/mol. The molecule has 0 radical (unpaired) electrons. The van der Waals surface area contributed by atoms with E-state index in [4.69, 9.17) is 0 Å². The highest BCUT2D eigenvalue weighted by molar-refractivity contribution is 7.58. The van der Waals surface area contributed by atoms with Crippen molar-refractivity contribution in [2.24, 2.45) is 0 Å². The van der Waals surface area contributed by atoms with Crippen LogP contribution in [-0.4, -0.2) is 64.3 Å². The fraction of sp³-hybridized carbons (Fsp3) is 0.667. The number of aliphatic hydroxyl groups excluding tert-OH is 1. The third-order valence-corrected chi connectivity index (χ3v) is 7.02. The Morgan fingerprint density at radius 3 is 2.59 bits per heavy atom. The maximum atomic E-state index is 10.6. The van der Waals surface area contributed by atoms with Crippen molar-refractivity contribution in [1.82, 2.24) is 14.7 Å². The Bertz CT molecular complexity index is 367. The molecule has 0 aromatic heterocycles. The van der Waals surface area contributed by atoms with Crippen LogP contribution in [0.1, 0.15) is 6.42 Å². The lowest BCUT2D eigenvalue weighted by atomic mass is 10.1. The van der Waals surface area contributed by atoms with Crippen molar-refractivity contribution in [3.05, 3.63) is 23.8 Å². The second-order valence-corrected chi connectivity index (χ2v) is 7.73. The molecule has 17 heavy (non-hydrogen) atoms. The van der Waals surface area contributed by atoms with Crippen molar-refractivity contribution in [2.75, 3.05) is 32.6 Å². The smallest absolute Gasteiger partial charge is 0.0953 e. The molecule has 0 spiro atoms. The van der Waals surface area contributed by atoms with E-state index in [1.807, 2.05) is 0 Å². The summed E-state index contributed by atoms with van der Waals surface area (Å²) in [5.41, 5.74) is 1.22. The van der Waals surface area contributed by atoms with E-state index in [0.717, 1.165) is 26.4 Å². The minimum atomic E-state index is -0.237. The van der Waals surface area contributed by atoms with E-state index < -0.39 is 0 Å². The van der Waals surface area contributed by atoms with E-state index in [1.165, 1.54) is 18.1 Å². The highest BCUT2D eigenvalue weighted by Gasteiger charge is 2.48. The van der Waals surface area contributed by atoms with Gasteiger partial charge in [-0.15, -0.1) is 0 Å². The standard InChI is InChI=1S/C12H18N3OP/c16-11(10-3-1-2-4-10)12-15-6-13-5-14(7-15)9-17(12)8-13/h1-3,11-12,16H,4-9H2. The number of allylic oxidation sites excluding steroid dienone is 3. The first kappa shape index (κ1) is 10.7. The Kier molecular flexibility index (Phi) is 2.43. The SMILES string of the molecule is OC(C1=CC=CC1)C1N2CN3CN(C2)CP1C3. The Morgan fingerprint density at radius 1 is 1.24 bits per heavy atom. The van der Waals surface area contributed by atoms with Crippen molar-refractivity contribution in [2.45, 2.75) is 18.3 Å². The molecule has 4 bridgehead atoms. The molecule has 4 fully saturated rings. The molecule has 0 aromatic rings. The van der Waals surface area contributed by atoms with E-state index in [0.29, 0.717) is 5.78 Å². The van der Waals surface area contributed by atoms with Gasteiger partial charge in [0.1, 0.15) is 0 Å². The lowest BCUT2D eigenvalue weighted by molar-refractivity contribution is -0.0650. The van der Waals surface area contributed by atoms with E-state index in [-0.39, 0.29) is 14.0 Å². The summed E-state index contributed by atoms with van der Waals surface area (Å²) in [6.07, 6.45) is 9.48. The van der Waals surface area contributed by atoms with Gasteiger partial charge in [0.05, 0.1) is 31.9 Å². The van der Waals surface area contributed by atoms with E-state index in [1.54, 1.807) is 0 Å². The normalized spacial score (nSPS) is 48.5. The largest absolute Gasteiger partial charge is 0.387 e. The molecule has 1 N–H and O–H groups in total. The third-order valence-electron chi connectivity index (χ3n) is 4.14. The zero-order chi connectivity index (χ0) is 11.4. The topological polar surface area (TPSA) is 30.0 Å². The molecule has 0 saturated carbocycles. The quantitative estimate of drug-likeness (QED) is 0.734. The first-order chi connectivity index (χ1) is 8.31. The summed E-state index contributed by atoms with van der Waals surface area (Å²) in [5, 5.41) is 10.6. The van der Waals surface area contributed by atoms with Crippen molar-refractivity contribution < 1.29 is 5.11 Å². The summed E-state index contributed by atoms with van der Waals surface area (Å²) in [4.78, 5) is 7.51. The predicted molar refractivity (Wildman–Crippen MR) is 68.4 cm³/mol. The highest BCUT2D eigenvalue weighted by Crippen LogP contribution is 2.54. The van der Waals surface area contributed by atoms with Crippen molar-refractivity contribution >= 4 is 7.92 Å². The Balaban J connectivity index is 1.58. The lowest BCUT2D eigenvalue weighted by Gasteiger charge is -2.60. The van der Waals surface area contributed by atoms with Gasteiger partial charge in [-0.3, -0.25) is 14.7 Å². The molecular weight excluding hydrogens is 233 g/mol. The summed E-state index contributed by atoms with van der Waals surface area (Å²) in [5.74, 6) is 0.406. The Morgan fingerprint density at radius 2 is 2.00 bits per heavy atom. The minimum absolute atomic E-state index is 0.0714. The zero-order valence-electron chi connectivity index (χ0n) is 9.87. The second kappa shape index (κ2) is 3.87. The summed E-state index contributed by atoms with van der Waals surface area (Å²) < 4.78 is 0. The minimum Gasteiger partial charge on any atom is -0.387 e. The van der Waals surface area contributed by atoms with Crippen LogP contribution >= 0.6 is 7.92 Å². The molecule has 5 aliphatic rings. The van der Waals surface area contributed by atoms with Gasteiger partial charge in [-0.2, -0.15) is 0 Å². The van der Waals surface area contributed by atoms with Crippen LogP contribution in [0.25, 0.3) is 0 Å². The van der Waals surface area contributed by atoms with Gasteiger partial charge in [0.2, 0.25) is 0 Å².